The number of hydrogen-bond acceptors (Lipinski definition) is 5. The molecule has 0 saturated carbocycles. The number of rotatable bonds is 9. The van der Waals surface area contributed by atoms with E-state index in [1.165, 1.54) is 21.6 Å². The molecular weight excluding hydrogens is 463 g/mol. The lowest BCUT2D eigenvalue weighted by molar-refractivity contribution is -0.137. The molecule has 8 nitrogen and oxygen atoms in total. The Morgan fingerprint density at radius 3 is 2.40 bits per heavy atom. The lowest BCUT2D eigenvalue weighted by Gasteiger charge is -2.26. The van der Waals surface area contributed by atoms with E-state index >= 15 is 0 Å². The molecule has 3 rings (SSSR count). The number of aromatic nitrogens is 2. The maximum atomic E-state index is 13.3. The topological polar surface area (TPSA) is 113 Å². The smallest absolute Gasteiger partial charge is 0.383 e. The van der Waals surface area contributed by atoms with Crippen molar-refractivity contribution < 1.29 is 18.0 Å². The highest BCUT2D eigenvalue weighted by molar-refractivity contribution is 5.95. The Balaban J connectivity index is 1.99. The number of halogens is 3. The van der Waals surface area contributed by atoms with Gasteiger partial charge in [-0.2, -0.15) is 13.2 Å². The van der Waals surface area contributed by atoms with Crippen molar-refractivity contribution in [3.63, 3.8) is 0 Å². The number of hydrogen-bond donors (Lipinski definition) is 3. The summed E-state index contributed by atoms with van der Waals surface area (Å²) >= 11 is 0. The van der Waals surface area contributed by atoms with Crippen LogP contribution in [0, 0.1) is 0 Å². The van der Waals surface area contributed by atoms with Crippen LogP contribution < -0.4 is 27.2 Å². The molecule has 4 N–H and O–H groups in total. The zero-order valence-corrected chi connectivity index (χ0v) is 19.1. The molecule has 35 heavy (non-hydrogen) atoms. The molecule has 0 unspecified atom stereocenters. The molecule has 1 aromatic heterocycles. The second-order valence-electron chi connectivity index (χ2n) is 7.93. The molecule has 0 saturated heterocycles. The third-order valence-electron chi connectivity index (χ3n) is 5.32. The SMILES string of the molecule is CCCCn1c(N)c(N(CC(=O)Nc2ccccc2C(F)(F)F)Cc2ccccc2)c(=O)[nH]c1=O. The summed E-state index contributed by atoms with van der Waals surface area (Å²) in [5, 5.41) is 2.28. The number of carbonyl (C=O) groups is 1. The van der Waals surface area contributed by atoms with Gasteiger partial charge in [0.25, 0.3) is 5.56 Å². The predicted molar refractivity (Wildman–Crippen MR) is 128 cm³/mol. The average molecular weight is 489 g/mol. The zero-order chi connectivity index (χ0) is 25.6. The van der Waals surface area contributed by atoms with Crippen LogP contribution in [0.5, 0.6) is 0 Å². The number of nitrogens with zero attached hydrogens (tertiary/aromatic N) is 2. The van der Waals surface area contributed by atoms with Gasteiger partial charge in [-0.25, -0.2) is 4.79 Å². The van der Waals surface area contributed by atoms with Crippen LogP contribution in [-0.2, 0) is 24.1 Å². The third-order valence-corrected chi connectivity index (χ3v) is 5.32. The van der Waals surface area contributed by atoms with Gasteiger partial charge in [-0.05, 0) is 24.1 Å². The monoisotopic (exact) mass is 489 g/mol. The number of nitrogens with two attached hydrogens (primary N) is 1. The maximum Gasteiger partial charge on any atom is 0.418 e. The number of nitrogen functional groups attached to an aromatic ring is 1. The molecule has 2 aromatic carbocycles. The van der Waals surface area contributed by atoms with E-state index in [1.54, 1.807) is 30.3 Å². The van der Waals surface area contributed by atoms with Gasteiger partial charge >= 0.3 is 11.9 Å². The van der Waals surface area contributed by atoms with Crippen molar-refractivity contribution in [2.45, 2.75) is 39.0 Å². The first-order valence-corrected chi connectivity index (χ1v) is 11.0. The minimum Gasteiger partial charge on any atom is -0.383 e. The summed E-state index contributed by atoms with van der Waals surface area (Å²) in [7, 11) is 0. The van der Waals surface area contributed by atoms with Crippen molar-refractivity contribution in [2.75, 3.05) is 22.5 Å². The van der Waals surface area contributed by atoms with Crippen LogP contribution in [0.1, 0.15) is 30.9 Å². The maximum absolute atomic E-state index is 13.3. The van der Waals surface area contributed by atoms with E-state index in [0.29, 0.717) is 6.42 Å². The fourth-order valence-electron chi connectivity index (χ4n) is 3.64. The highest BCUT2D eigenvalue weighted by Crippen LogP contribution is 2.34. The van der Waals surface area contributed by atoms with E-state index in [2.05, 4.69) is 10.3 Å². The van der Waals surface area contributed by atoms with Crippen molar-refractivity contribution in [3.05, 3.63) is 86.6 Å². The minimum atomic E-state index is -4.66. The molecule has 3 aromatic rings. The van der Waals surface area contributed by atoms with Crippen LogP contribution in [0.2, 0.25) is 0 Å². The molecule has 1 amide bonds. The normalized spacial score (nSPS) is 11.3. The Bertz CT molecular complexity index is 1290. The number of alkyl halides is 3. The Labute approximate surface area is 199 Å². The average Bonchev–Trinajstić information content (AvgIpc) is 2.79. The van der Waals surface area contributed by atoms with Crippen LogP contribution in [0.15, 0.2) is 64.2 Å². The van der Waals surface area contributed by atoms with E-state index in [9.17, 15) is 27.6 Å². The van der Waals surface area contributed by atoms with Gasteiger partial charge < -0.3 is 16.0 Å². The summed E-state index contributed by atoms with van der Waals surface area (Å²) < 4.78 is 41.3. The van der Waals surface area contributed by atoms with Gasteiger partial charge in [-0.15, -0.1) is 0 Å². The van der Waals surface area contributed by atoms with E-state index in [0.717, 1.165) is 24.1 Å². The number of aromatic amines is 1. The standard InChI is InChI=1S/C24H26F3N5O3/c1-2-3-13-32-21(28)20(22(34)30-23(32)35)31(14-16-9-5-4-6-10-16)15-19(33)29-18-12-8-7-11-17(18)24(25,26)27/h4-12H,2-3,13-15,28H2,1H3,(H,29,33)(H,30,34,35). The molecule has 1 heterocycles. The van der Waals surface area contributed by atoms with Crippen molar-refractivity contribution in [1.82, 2.24) is 9.55 Å². The quantitative estimate of drug-likeness (QED) is 0.425. The first-order chi connectivity index (χ1) is 16.6. The Morgan fingerprint density at radius 2 is 1.74 bits per heavy atom. The van der Waals surface area contributed by atoms with Gasteiger partial charge in [-0.3, -0.25) is 19.1 Å². The van der Waals surface area contributed by atoms with Gasteiger partial charge in [0.05, 0.1) is 17.8 Å². The fourth-order valence-corrected chi connectivity index (χ4v) is 3.64. The van der Waals surface area contributed by atoms with E-state index in [1.807, 2.05) is 6.92 Å². The van der Waals surface area contributed by atoms with Crippen LogP contribution in [0.25, 0.3) is 0 Å². The lowest BCUT2D eigenvalue weighted by Crippen LogP contribution is -2.41. The molecule has 11 heteroatoms. The zero-order valence-electron chi connectivity index (χ0n) is 19.1. The first-order valence-electron chi connectivity index (χ1n) is 11.0. The number of para-hydroxylation sites is 1. The molecule has 0 aliphatic carbocycles. The van der Waals surface area contributed by atoms with Gasteiger partial charge in [-0.1, -0.05) is 55.8 Å². The second kappa shape index (κ2) is 10.9. The minimum absolute atomic E-state index is 0.0500. The molecular formula is C24H26F3N5O3. The van der Waals surface area contributed by atoms with E-state index < -0.39 is 41.1 Å². The number of anilines is 3. The Kier molecular flexibility index (Phi) is 8.00. The van der Waals surface area contributed by atoms with Gasteiger partial charge in [0, 0.05) is 13.1 Å². The first kappa shape index (κ1) is 25.6. The van der Waals surface area contributed by atoms with Crippen LogP contribution in [0.4, 0.5) is 30.4 Å². The molecule has 0 radical (unpaired) electrons. The fraction of sp³-hybridized carbons (Fsp3) is 0.292. The second-order valence-corrected chi connectivity index (χ2v) is 7.93. The summed E-state index contributed by atoms with van der Waals surface area (Å²) in [6, 6.07) is 13.5. The van der Waals surface area contributed by atoms with Gasteiger partial charge in [0.1, 0.15) is 11.5 Å². The molecule has 186 valence electrons. The molecule has 0 aliphatic rings. The highest BCUT2D eigenvalue weighted by atomic mass is 19.4. The number of amides is 1. The summed E-state index contributed by atoms with van der Waals surface area (Å²) in [6.45, 7) is 1.75. The largest absolute Gasteiger partial charge is 0.418 e. The highest BCUT2D eigenvalue weighted by Gasteiger charge is 2.33. The van der Waals surface area contributed by atoms with Crippen molar-refractivity contribution in [2.24, 2.45) is 0 Å². The number of H-pyrrole nitrogens is 1. The van der Waals surface area contributed by atoms with Crippen molar-refractivity contribution in [1.29, 1.82) is 0 Å². The van der Waals surface area contributed by atoms with Crippen molar-refractivity contribution >= 4 is 23.1 Å². The Hall–Kier alpha value is -4.02. The molecule has 0 fully saturated rings. The summed E-state index contributed by atoms with van der Waals surface area (Å²) in [5.41, 5.74) is 3.97. The van der Waals surface area contributed by atoms with Crippen molar-refractivity contribution in [3.8, 4) is 0 Å². The number of benzene rings is 2. The lowest BCUT2D eigenvalue weighted by atomic mass is 10.1. The number of carbonyl (C=O) groups excluding carboxylic acids is 1. The van der Waals surface area contributed by atoms with Crippen LogP contribution in [0.3, 0.4) is 0 Å². The number of unbranched alkanes of at least 4 members (excludes halogenated alkanes) is 1. The summed E-state index contributed by atoms with van der Waals surface area (Å²) in [4.78, 5) is 41.5. The van der Waals surface area contributed by atoms with Gasteiger partial charge in [0.2, 0.25) is 5.91 Å². The Morgan fingerprint density at radius 1 is 1.09 bits per heavy atom. The number of nitrogens with one attached hydrogen (secondary N) is 2. The third kappa shape index (κ3) is 6.31. The van der Waals surface area contributed by atoms with Crippen LogP contribution in [-0.4, -0.2) is 22.0 Å². The van der Waals surface area contributed by atoms with E-state index in [-0.39, 0.29) is 24.6 Å². The van der Waals surface area contributed by atoms with Gasteiger partial charge in [0.15, 0.2) is 0 Å². The molecule has 0 bridgehead atoms. The molecule has 0 aliphatic heterocycles. The summed E-state index contributed by atoms with van der Waals surface area (Å²) in [5.74, 6) is -0.908. The predicted octanol–water partition coefficient (Wildman–Crippen LogP) is 3.58. The summed E-state index contributed by atoms with van der Waals surface area (Å²) in [6.07, 6.45) is -3.26. The van der Waals surface area contributed by atoms with Crippen LogP contribution >= 0.6 is 0 Å². The van der Waals surface area contributed by atoms with E-state index in [4.69, 9.17) is 5.73 Å². The molecule has 0 spiro atoms. The molecule has 0 atom stereocenters.